The van der Waals surface area contributed by atoms with Gasteiger partial charge in [-0.1, -0.05) is 219 Å². The molecule has 2 saturated carbocycles. The van der Waals surface area contributed by atoms with E-state index in [1.807, 2.05) is 0 Å². The minimum absolute atomic E-state index is 0.155. The van der Waals surface area contributed by atoms with Gasteiger partial charge < -0.3 is 9.47 Å². The van der Waals surface area contributed by atoms with Gasteiger partial charge in [-0.15, -0.1) is 0 Å². The molecule has 0 radical (unpaired) electrons. The highest BCUT2D eigenvalue weighted by atomic mass is 16.5. The van der Waals surface area contributed by atoms with Gasteiger partial charge in [-0.3, -0.25) is 9.59 Å². The van der Waals surface area contributed by atoms with E-state index in [1.165, 1.54) is 218 Å². The second-order valence-corrected chi connectivity index (χ2v) is 16.8. The van der Waals surface area contributed by atoms with Gasteiger partial charge in [0.15, 0.2) is 0 Å². The highest BCUT2D eigenvalue weighted by Crippen LogP contribution is 2.35. The fourth-order valence-electron chi connectivity index (χ4n) is 9.01. The van der Waals surface area contributed by atoms with Crippen molar-refractivity contribution in [2.45, 2.75) is 245 Å². The van der Waals surface area contributed by atoms with Gasteiger partial charge in [-0.2, -0.15) is 0 Å². The lowest BCUT2D eigenvalue weighted by Crippen LogP contribution is -2.26. The van der Waals surface area contributed by atoms with Crippen molar-refractivity contribution in [1.82, 2.24) is 0 Å². The molecule has 4 atom stereocenters. The Kier molecular flexibility index (Phi) is 29.4. The van der Waals surface area contributed by atoms with E-state index in [9.17, 15) is 9.59 Å². The number of hydrogen-bond donors (Lipinski definition) is 0. The second kappa shape index (κ2) is 32.6. The van der Waals surface area contributed by atoms with Crippen LogP contribution in [0.15, 0.2) is 0 Å². The SMILES string of the molecule is CCCCCCCCCCCCCCC1CCCCC1COC(=O)CCC(=O)OCC1CCCCC1CCCCCCCCCCCCCC. The lowest BCUT2D eigenvalue weighted by Gasteiger charge is -2.31. The Morgan fingerprint density at radius 1 is 0.380 bits per heavy atom. The third-order valence-corrected chi connectivity index (χ3v) is 12.4. The van der Waals surface area contributed by atoms with Crippen molar-refractivity contribution < 1.29 is 19.1 Å². The molecule has 0 aromatic heterocycles. The van der Waals surface area contributed by atoms with Crippen LogP contribution in [0.3, 0.4) is 0 Å². The van der Waals surface area contributed by atoms with Crippen molar-refractivity contribution >= 4 is 11.9 Å². The molecule has 0 N–H and O–H groups in total. The van der Waals surface area contributed by atoms with Crippen LogP contribution in [0.5, 0.6) is 0 Å². The van der Waals surface area contributed by atoms with E-state index in [2.05, 4.69) is 13.8 Å². The van der Waals surface area contributed by atoms with Gasteiger partial charge in [0.05, 0.1) is 26.1 Å². The summed E-state index contributed by atoms with van der Waals surface area (Å²) in [6.07, 6.45) is 46.4. The first-order valence-corrected chi connectivity index (χ1v) is 22.9. The Morgan fingerprint density at radius 3 is 0.940 bits per heavy atom. The zero-order chi connectivity index (χ0) is 35.7. The maximum atomic E-state index is 12.6. The molecule has 0 aliphatic heterocycles. The van der Waals surface area contributed by atoms with Crippen molar-refractivity contribution in [3.05, 3.63) is 0 Å². The van der Waals surface area contributed by atoms with Crippen LogP contribution in [-0.2, 0) is 19.1 Å². The topological polar surface area (TPSA) is 52.6 Å². The summed E-state index contributed by atoms with van der Waals surface area (Å²) < 4.78 is 11.5. The molecule has 50 heavy (non-hydrogen) atoms. The predicted molar refractivity (Wildman–Crippen MR) is 213 cm³/mol. The van der Waals surface area contributed by atoms with Crippen LogP contribution in [0.25, 0.3) is 0 Å². The minimum Gasteiger partial charge on any atom is -0.465 e. The number of carbonyl (C=O) groups excluding carboxylic acids is 2. The van der Waals surface area contributed by atoms with E-state index < -0.39 is 0 Å². The maximum Gasteiger partial charge on any atom is 0.306 e. The number of ether oxygens (including phenoxy) is 2. The molecule has 2 rings (SSSR count). The van der Waals surface area contributed by atoms with E-state index in [0.717, 1.165) is 0 Å². The molecular weight excluding hydrogens is 617 g/mol. The third-order valence-electron chi connectivity index (χ3n) is 12.4. The molecule has 0 spiro atoms. The summed E-state index contributed by atoms with van der Waals surface area (Å²) in [5.41, 5.74) is 0. The van der Waals surface area contributed by atoms with E-state index in [-0.39, 0.29) is 24.8 Å². The van der Waals surface area contributed by atoms with Gasteiger partial charge in [0.2, 0.25) is 0 Å². The average Bonchev–Trinajstić information content (AvgIpc) is 3.14. The molecule has 2 aliphatic carbocycles. The highest BCUT2D eigenvalue weighted by molar-refractivity contribution is 5.77. The summed E-state index contributed by atoms with van der Waals surface area (Å²) >= 11 is 0. The Bertz CT molecular complexity index is 716. The Morgan fingerprint density at radius 2 is 0.640 bits per heavy atom. The smallest absolute Gasteiger partial charge is 0.306 e. The standard InChI is InChI=1S/C46H86O4/c1-3-5-7-9-11-13-15-17-19-21-23-25-31-41-33-27-29-35-43(41)39-49-45(47)37-38-46(48)50-40-44-36-30-28-34-42(44)32-26-24-22-20-18-16-14-12-10-8-6-4-2/h41-44H,3-40H2,1-2H3. The molecule has 294 valence electrons. The summed E-state index contributed by atoms with van der Waals surface area (Å²) in [4.78, 5) is 25.2. The number of rotatable bonds is 33. The molecular formula is C46H86O4. The molecule has 0 aromatic rings. The Hall–Kier alpha value is -1.06. The monoisotopic (exact) mass is 703 g/mol. The lowest BCUT2D eigenvalue weighted by molar-refractivity contribution is -0.152. The Labute approximate surface area is 312 Å². The van der Waals surface area contributed by atoms with Crippen LogP contribution < -0.4 is 0 Å². The van der Waals surface area contributed by atoms with Crippen molar-refractivity contribution in [1.29, 1.82) is 0 Å². The first-order chi connectivity index (χ1) is 24.6. The summed E-state index contributed by atoms with van der Waals surface area (Å²) in [5, 5.41) is 0. The predicted octanol–water partition coefficient (Wildman–Crippen LogP) is 14.6. The van der Waals surface area contributed by atoms with Crippen LogP contribution in [0.2, 0.25) is 0 Å². The van der Waals surface area contributed by atoms with E-state index in [4.69, 9.17) is 9.47 Å². The molecule has 0 aromatic carbocycles. The van der Waals surface area contributed by atoms with Gasteiger partial charge in [0.25, 0.3) is 0 Å². The molecule has 4 nitrogen and oxygen atoms in total. The third kappa shape index (κ3) is 24.2. The summed E-state index contributed by atoms with van der Waals surface area (Å²) in [6.45, 7) is 5.66. The number of unbranched alkanes of at least 4 members (excludes halogenated alkanes) is 22. The van der Waals surface area contributed by atoms with Crippen LogP contribution in [0.4, 0.5) is 0 Å². The van der Waals surface area contributed by atoms with Crippen molar-refractivity contribution in [2.24, 2.45) is 23.7 Å². The minimum atomic E-state index is -0.223. The number of carbonyl (C=O) groups is 2. The van der Waals surface area contributed by atoms with Crippen LogP contribution in [-0.4, -0.2) is 25.2 Å². The fourth-order valence-corrected chi connectivity index (χ4v) is 9.01. The van der Waals surface area contributed by atoms with Gasteiger partial charge in [-0.05, 0) is 36.5 Å². The first kappa shape index (κ1) is 45.1. The summed E-state index contributed by atoms with van der Waals surface area (Å²) in [7, 11) is 0. The zero-order valence-corrected chi connectivity index (χ0v) is 33.8. The fraction of sp³-hybridized carbons (Fsp3) is 0.957. The molecule has 0 heterocycles. The second-order valence-electron chi connectivity index (χ2n) is 16.8. The molecule has 2 fully saturated rings. The van der Waals surface area contributed by atoms with Gasteiger partial charge in [-0.25, -0.2) is 0 Å². The van der Waals surface area contributed by atoms with E-state index in [0.29, 0.717) is 36.9 Å². The molecule has 0 bridgehead atoms. The first-order valence-electron chi connectivity index (χ1n) is 22.9. The maximum absolute atomic E-state index is 12.6. The van der Waals surface area contributed by atoms with E-state index >= 15 is 0 Å². The normalized spacial score (nSPS) is 20.9. The van der Waals surface area contributed by atoms with Crippen LogP contribution in [0, 0.1) is 23.7 Å². The average molecular weight is 703 g/mol. The largest absolute Gasteiger partial charge is 0.465 e. The lowest BCUT2D eigenvalue weighted by atomic mass is 9.77. The van der Waals surface area contributed by atoms with Crippen molar-refractivity contribution in [3.63, 3.8) is 0 Å². The quantitative estimate of drug-likeness (QED) is 0.0504. The molecule has 2 aliphatic rings. The summed E-state index contributed by atoms with van der Waals surface area (Å²) in [6, 6.07) is 0. The van der Waals surface area contributed by atoms with E-state index in [1.54, 1.807) is 0 Å². The van der Waals surface area contributed by atoms with Crippen molar-refractivity contribution in [2.75, 3.05) is 13.2 Å². The molecule has 0 saturated heterocycles. The summed E-state index contributed by atoms with van der Waals surface area (Å²) in [5.74, 6) is 1.95. The van der Waals surface area contributed by atoms with Crippen molar-refractivity contribution in [3.8, 4) is 0 Å². The zero-order valence-electron chi connectivity index (χ0n) is 33.8. The van der Waals surface area contributed by atoms with Crippen LogP contribution in [0.1, 0.15) is 245 Å². The highest BCUT2D eigenvalue weighted by Gasteiger charge is 2.27. The van der Waals surface area contributed by atoms with Gasteiger partial charge >= 0.3 is 11.9 Å². The molecule has 4 heteroatoms. The van der Waals surface area contributed by atoms with Crippen LogP contribution >= 0.6 is 0 Å². The number of hydrogen-bond acceptors (Lipinski definition) is 4. The molecule has 4 unspecified atom stereocenters. The molecule has 0 amide bonds. The van der Waals surface area contributed by atoms with Gasteiger partial charge in [0, 0.05) is 0 Å². The number of esters is 2. The Balaban J connectivity index is 1.48. The van der Waals surface area contributed by atoms with Gasteiger partial charge in [0.1, 0.15) is 0 Å².